The third-order valence-electron chi connectivity index (χ3n) is 3.32. The van der Waals surface area contributed by atoms with Crippen LogP contribution in [0.3, 0.4) is 0 Å². The van der Waals surface area contributed by atoms with Gasteiger partial charge < -0.3 is 16.4 Å². The zero-order valence-electron chi connectivity index (χ0n) is 10.3. The molecule has 0 aromatic rings. The van der Waals surface area contributed by atoms with Crippen molar-refractivity contribution in [1.29, 1.82) is 0 Å². The molecule has 0 aromatic heterocycles. The number of primary amides is 1. The smallest absolute Gasteiger partial charge is 0.318 e. The van der Waals surface area contributed by atoms with Crippen molar-refractivity contribution < 1.29 is 9.59 Å². The second-order valence-electron chi connectivity index (χ2n) is 4.58. The van der Waals surface area contributed by atoms with E-state index in [4.69, 9.17) is 11.5 Å². The summed E-state index contributed by atoms with van der Waals surface area (Å²) in [5.41, 5.74) is 10.9. The van der Waals surface area contributed by atoms with Gasteiger partial charge in [-0.25, -0.2) is 4.79 Å². The van der Waals surface area contributed by atoms with Crippen LogP contribution in [0.15, 0.2) is 0 Å². The minimum absolute atomic E-state index is 0.274. The van der Waals surface area contributed by atoms with Crippen LogP contribution in [0.1, 0.15) is 26.2 Å². The molecule has 1 aliphatic rings. The van der Waals surface area contributed by atoms with Gasteiger partial charge in [-0.15, -0.1) is 0 Å². The van der Waals surface area contributed by atoms with Crippen LogP contribution in [0.25, 0.3) is 0 Å². The highest BCUT2D eigenvalue weighted by molar-refractivity contribution is 5.93. The van der Waals surface area contributed by atoms with Gasteiger partial charge in [0.05, 0.1) is 0 Å². The number of nitrogens with one attached hydrogen (secondary N) is 1. The predicted molar refractivity (Wildman–Crippen MR) is 65.2 cm³/mol. The molecule has 1 rings (SSSR count). The molecule has 0 spiro atoms. The van der Waals surface area contributed by atoms with Crippen molar-refractivity contribution in [3.05, 3.63) is 0 Å². The SMILES string of the molecule is CCC1CN(CCC(=O)NC(N)=O)CCC1N. The van der Waals surface area contributed by atoms with Gasteiger partial charge in [-0.2, -0.15) is 0 Å². The fraction of sp³-hybridized carbons (Fsp3) is 0.818. The van der Waals surface area contributed by atoms with Gasteiger partial charge in [-0.05, 0) is 18.9 Å². The van der Waals surface area contributed by atoms with Gasteiger partial charge in [-0.3, -0.25) is 10.1 Å². The van der Waals surface area contributed by atoms with Crippen LogP contribution in [0.5, 0.6) is 0 Å². The normalized spacial score (nSPS) is 25.5. The number of urea groups is 1. The molecule has 1 heterocycles. The van der Waals surface area contributed by atoms with E-state index >= 15 is 0 Å². The number of imide groups is 1. The lowest BCUT2D eigenvalue weighted by Crippen LogP contribution is -2.47. The highest BCUT2D eigenvalue weighted by Gasteiger charge is 2.25. The maximum atomic E-state index is 11.2. The van der Waals surface area contributed by atoms with E-state index in [2.05, 4.69) is 17.1 Å². The zero-order chi connectivity index (χ0) is 12.8. The first-order valence-corrected chi connectivity index (χ1v) is 6.10. The number of piperidine rings is 1. The lowest BCUT2D eigenvalue weighted by Gasteiger charge is -2.36. The number of nitrogens with zero attached hydrogens (tertiary/aromatic N) is 1. The topological polar surface area (TPSA) is 101 Å². The number of rotatable bonds is 4. The van der Waals surface area contributed by atoms with Gasteiger partial charge in [-0.1, -0.05) is 13.3 Å². The lowest BCUT2D eigenvalue weighted by molar-refractivity contribution is -0.120. The highest BCUT2D eigenvalue weighted by atomic mass is 16.2. The third-order valence-corrected chi connectivity index (χ3v) is 3.32. The zero-order valence-corrected chi connectivity index (χ0v) is 10.3. The third kappa shape index (κ3) is 4.70. The number of carbonyl (C=O) groups is 2. The molecular weight excluding hydrogens is 220 g/mol. The number of nitrogens with two attached hydrogens (primary N) is 2. The van der Waals surface area contributed by atoms with E-state index < -0.39 is 6.03 Å². The molecule has 0 aliphatic carbocycles. The Kier molecular flexibility index (Phi) is 5.37. The van der Waals surface area contributed by atoms with Gasteiger partial charge in [0.2, 0.25) is 5.91 Å². The van der Waals surface area contributed by atoms with Gasteiger partial charge in [0.15, 0.2) is 0 Å². The molecule has 1 saturated heterocycles. The molecular formula is C11H22N4O2. The molecule has 5 N–H and O–H groups in total. The Morgan fingerprint density at radius 3 is 2.76 bits per heavy atom. The van der Waals surface area contributed by atoms with Crippen molar-refractivity contribution in [2.24, 2.45) is 17.4 Å². The number of likely N-dealkylation sites (tertiary alicyclic amines) is 1. The summed E-state index contributed by atoms with van der Waals surface area (Å²) in [7, 11) is 0. The molecule has 17 heavy (non-hydrogen) atoms. The Hall–Kier alpha value is -1.14. The molecule has 6 heteroatoms. The van der Waals surface area contributed by atoms with Crippen LogP contribution in [0, 0.1) is 5.92 Å². The van der Waals surface area contributed by atoms with Crippen LogP contribution in [-0.2, 0) is 4.79 Å². The fourth-order valence-electron chi connectivity index (χ4n) is 2.22. The van der Waals surface area contributed by atoms with E-state index in [-0.39, 0.29) is 11.9 Å². The average Bonchev–Trinajstić information content (AvgIpc) is 2.27. The number of hydrogen-bond acceptors (Lipinski definition) is 4. The quantitative estimate of drug-likeness (QED) is 0.626. The van der Waals surface area contributed by atoms with Crippen LogP contribution in [0.4, 0.5) is 4.79 Å². The molecule has 3 amide bonds. The van der Waals surface area contributed by atoms with Gasteiger partial charge in [0.1, 0.15) is 0 Å². The summed E-state index contributed by atoms with van der Waals surface area (Å²) in [6.07, 6.45) is 2.33. The summed E-state index contributed by atoms with van der Waals surface area (Å²) < 4.78 is 0. The van der Waals surface area contributed by atoms with Crippen LogP contribution < -0.4 is 16.8 Å². The van der Waals surface area contributed by atoms with Crippen LogP contribution in [-0.4, -0.2) is 42.5 Å². The van der Waals surface area contributed by atoms with Crippen molar-refractivity contribution in [2.45, 2.75) is 32.2 Å². The first kappa shape index (κ1) is 13.9. The lowest BCUT2D eigenvalue weighted by atomic mass is 9.90. The molecule has 0 bridgehead atoms. The van der Waals surface area contributed by atoms with E-state index in [1.54, 1.807) is 0 Å². The molecule has 2 unspecified atom stereocenters. The Balaban J connectivity index is 2.28. The van der Waals surface area contributed by atoms with Crippen molar-refractivity contribution in [1.82, 2.24) is 10.2 Å². The first-order valence-electron chi connectivity index (χ1n) is 6.10. The summed E-state index contributed by atoms with van der Waals surface area (Å²) in [6.45, 7) is 4.64. The maximum absolute atomic E-state index is 11.2. The maximum Gasteiger partial charge on any atom is 0.318 e. The molecule has 1 fully saturated rings. The summed E-state index contributed by atoms with van der Waals surface area (Å²) in [5, 5.41) is 2.06. The fourth-order valence-corrected chi connectivity index (χ4v) is 2.22. The van der Waals surface area contributed by atoms with Crippen LogP contribution in [0.2, 0.25) is 0 Å². The van der Waals surface area contributed by atoms with Crippen molar-refractivity contribution >= 4 is 11.9 Å². The first-order chi connectivity index (χ1) is 8.02. The second kappa shape index (κ2) is 6.56. The van der Waals surface area contributed by atoms with E-state index in [1.165, 1.54) is 0 Å². The second-order valence-corrected chi connectivity index (χ2v) is 4.58. The van der Waals surface area contributed by atoms with Crippen molar-refractivity contribution in [3.8, 4) is 0 Å². The van der Waals surface area contributed by atoms with Crippen molar-refractivity contribution in [2.75, 3.05) is 19.6 Å². The van der Waals surface area contributed by atoms with Gasteiger partial charge in [0.25, 0.3) is 0 Å². The summed E-state index contributed by atoms with van der Waals surface area (Å²) in [4.78, 5) is 23.9. The average molecular weight is 242 g/mol. The summed E-state index contributed by atoms with van der Waals surface area (Å²) >= 11 is 0. The molecule has 1 aliphatic heterocycles. The Morgan fingerprint density at radius 2 is 2.18 bits per heavy atom. The van der Waals surface area contributed by atoms with E-state index in [1.807, 2.05) is 0 Å². The number of amides is 3. The summed E-state index contributed by atoms with van der Waals surface area (Å²) in [5.74, 6) is 0.184. The molecule has 98 valence electrons. The van der Waals surface area contributed by atoms with E-state index in [9.17, 15) is 9.59 Å². The minimum atomic E-state index is -0.790. The molecule has 0 radical (unpaired) electrons. The standard InChI is InChI=1S/C11H22N4O2/c1-2-8-7-15(5-3-9(8)12)6-4-10(16)14-11(13)17/h8-9H,2-7,12H2,1H3,(H3,13,14,16,17). The van der Waals surface area contributed by atoms with Gasteiger partial charge >= 0.3 is 6.03 Å². The minimum Gasteiger partial charge on any atom is -0.351 e. The highest BCUT2D eigenvalue weighted by Crippen LogP contribution is 2.18. The number of carbonyl (C=O) groups excluding carboxylic acids is 2. The molecule has 6 nitrogen and oxygen atoms in total. The Labute approximate surface area is 102 Å². The van der Waals surface area contributed by atoms with Crippen molar-refractivity contribution in [3.63, 3.8) is 0 Å². The number of hydrogen-bond donors (Lipinski definition) is 3. The predicted octanol–water partition coefficient (Wildman–Crippen LogP) is -0.369. The Bertz CT molecular complexity index is 283. The molecule has 0 saturated carbocycles. The molecule has 0 aromatic carbocycles. The molecule has 2 atom stereocenters. The monoisotopic (exact) mass is 242 g/mol. The largest absolute Gasteiger partial charge is 0.351 e. The summed E-state index contributed by atoms with van der Waals surface area (Å²) in [6, 6.07) is -0.516. The Morgan fingerprint density at radius 1 is 1.47 bits per heavy atom. The van der Waals surface area contributed by atoms with E-state index in [0.29, 0.717) is 18.9 Å². The van der Waals surface area contributed by atoms with E-state index in [0.717, 1.165) is 25.9 Å². The van der Waals surface area contributed by atoms with Crippen LogP contribution >= 0.6 is 0 Å². The van der Waals surface area contributed by atoms with Gasteiger partial charge in [0, 0.05) is 25.6 Å².